The van der Waals surface area contributed by atoms with Crippen molar-refractivity contribution in [2.75, 3.05) is 7.11 Å². The van der Waals surface area contributed by atoms with Crippen LogP contribution in [0.5, 0.6) is 0 Å². The number of carbonyl (C=O) groups excluding carboxylic acids is 1. The molecule has 21 heavy (non-hydrogen) atoms. The first-order valence-electron chi connectivity index (χ1n) is 8.69. The fraction of sp³-hybridized carbons (Fsp3) is 0.737. The van der Waals surface area contributed by atoms with Gasteiger partial charge in [-0.3, -0.25) is 4.79 Å². The van der Waals surface area contributed by atoms with Crippen molar-refractivity contribution in [1.82, 2.24) is 0 Å². The van der Waals surface area contributed by atoms with E-state index in [2.05, 4.69) is 36.0 Å². The zero-order valence-electron chi connectivity index (χ0n) is 14.1. The van der Waals surface area contributed by atoms with Crippen LogP contribution in [0.15, 0.2) is 24.3 Å². The van der Waals surface area contributed by atoms with Crippen molar-refractivity contribution in [2.24, 2.45) is 0 Å². The Morgan fingerprint density at radius 1 is 0.810 bits per heavy atom. The summed E-state index contributed by atoms with van der Waals surface area (Å²) in [6, 6.07) is 0. The molecule has 0 aromatic carbocycles. The van der Waals surface area contributed by atoms with Crippen molar-refractivity contribution in [2.45, 2.75) is 84.0 Å². The molecule has 0 radical (unpaired) electrons. The van der Waals surface area contributed by atoms with Gasteiger partial charge in [-0.25, -0.2) is 0 Å². The van der Waals surface area contributed by atoms with Crippen LogP contribution in [0.3, 0.4) is 0 Å². The first-order chi connectivity index (χ1) is 10.3. The first kappa shape index (κ1) is 19.9. The molecule has 122 valence electrons. The molecule has 0 rings (SSSR count). The molecule has 0 heterocycles. The highest BCUT2D eigenvalue weighted by molar-refractivity contribution is 5.68. The van der Waals surface area contributed by atoms with Crippen molar-refractivity contribution in [3.8, 4) is 0 Å². The van der Waals surface area contributed by atoms with Crippen molar-refractivity contribution in [1.29, 1.82) is 0 Å². The van der Waals surface area contributed by atoms with Crippen LogP contribution in [0.4, 0.5) is 0 Å². The quantitative estimate of drug-likeness (QED) is 0.224. The van der Waals surface area contributed by atoms with Crippen molar-refractivity contribution >= 4 is 5.97 Å². The Hall–Kier alpha value is -1.05. The Morgan fingerprint density at radius 3 is 1.90 bits per heavy atom. The zero-order chi connectivity index (χ0) is 15.6. The van der Waals surface area contributed by atoms with E-state index >= 15 is 0 Å². The molecule has 2 nitrogen and oxygen atoms in total. The smallest absolute Gasteiger partial charge is 0.305 e. The molecule has 0 aliphatic rings. The molecule has 0 unspecified atom stereocenters. The Kier molecular flexibility index (Phi) is 16.2. The zero-order valence-corrected chi connectivity index (χ0v) is 14.1. The molecule has 0 aromatic rings. The summed E-state index contributed by atoms with van der Waals surface area (Å²) in [7, 11) is 1.45. The van der Waals surface area contributed by atoms with Crippen molar-refractivity contribution in [3.05, 3.63) is 24.3 Å². The number of hydrogen-bond donors (Lipinski definition) is 0. The molecule has 0 bridgehead atoms. The number of methoxy groups -OCH3 is 1. The monoisotopic (exact) mass is 294 g/mol. The lowest BCUT2D eigenvalue weighted by molar-refractivity contribution is -0.140. The van der Waals surface area contributed by atoms with Crippen molar-refractivity contribution < 1.29 is 9.53 Å². The number of rotatable bonds is 14. The van der Waals surface area contributed by atoms with E-state index in [1.807, 2.05) is 0 Å². The van der Waals surface area contributed by atoms with E-state index in [0.29, 0.717) is 6.42 Å². The predicted molar refractivity (Wildman–Crippen MR) is 91.4 cm³/mol. The van der Waals surface area contributed by atoms with E-state index in [4.69, 9.17) is 0 Å². The van der Waals surface area contributed by atoms with Gasteiger partial charge in [-0.15, -0.1) is 0 Å². The maximum atomic E-state index is 10.9. The van der Waals surface area contributed by atoms with Crippen LogP contribution in [-0.2, 0) is 9.53 Å². The standard InChI is InChI=1S/C19H34O2/c1-3-4-5-6-7-8-9-10-11-12-13-14-15-16-17-18-19(20)21-2/h8-11H,3-7,12-18H2,1-2H3/b9-8+,11-10-. The predicted octanol–water partition coefficient (Wildman–Crippen LogP) is 5.97. The normalized spacial score (nSPS) is 11.5. The van der Waals surface area contributed by atoms with E-state index in [1.165, 1.54) is 58.5 Å². The summed E-state index contributed by atoms with van der Waals surface area (Å²) in [5.41, 5.74) is 0. The van der Waals surface area contributed by atoms with Gasteiger partial charge in [-0.05, 0) is 32.1 Å². The van der Waals surface area contributed by atoms with E-state index in [0.717, 1.165) is 19.3 Å². The number of allylic oxidation sites excluding steroid dienone is 4. The number of carbonyl (C=O) groups is 1. The topological polar surface area (TPSA) is 26.3 Å². The third-order valence-electron chi connectivity index (χ3n) is 3.59. The number of unbranched alkanes of at least 4 members (excludes halogenated alkanes) is 9. The maximum Gasteiger partial charge on any atom is 0.305 e. The molecule has 0 saturated heterocycles. The van der Waals surface area contributed by atoms with Crippen LogP contribution in [-0.4, -0.2) is 13.1 Å². The van der Waals surface area contributed by atoms with Crippen LogP contribution in [0, 0.1) is 0 Å². The Bertz CT molecular complexity index is 279. The average molecular weight is 294 g/mol. The number of ether oxygens (including phenoxy) is 1. The minimum absolute atomic E-state index is 0.0839. The summed E-state index contributed by atoms with van der Waals surface area (Å²) in [5.74, 6) is -0.0839. The molecule has 2 heteroatoms. The SMILES string of the molecule is CCCCCC/C=C/C=C\CCCCCCCC(=O)OC. The second-order valence-electron chi connectivity index (χ2n) is 5.59. The van der Waals surface area contributed by atoms with E-state index in [9.17, 15) is 4.79 Å². The van der Waals surface area contributed by atoms with Crippen LogP contribution in [0.2, 0.25) is 0 Å². The summed E-state index contributed by atoms with van der Waals surface area (Å²) < 4.78 is 4.61. The lowest BCUT2D eigenvalue weighted by Crippen LogP contribution is -1.98. The van der Waals surface area contributed by atoms with Crippen LogP contribution in [0.25, 0.3) is 0 Å². The lowest BCUT2D eigenvalue weighted by Gasteiger charge is -1.99. The molecule has 0 spiro atoms. The molecule has 0 aliphatic heterocycles. The maximum absolute atomic E-state index is 10.9. The molecule has 0 fully saturated rings. The summed E-state index contributed by atoms with van der Waals surface area (Å²) in [5, 5.41) is 0. The highest BCUT2D eigenvalue weighted by atomic mass is 16.5. The fourth-order valence-electron chi connectivity index (χ4n) is 2.20. The van der Waals surface area contributed by atoms with Crippen LogP contribution in [0.1, 0.15) is 84.0 Å². The molecule has 0 aromatic heterocycles. The van der Waals surface area contributed by atoms with Crippen LogP contribution >= 0.6 is 0 Å². The second-order valence-corrected chi connectivity index (χ2v) is 5.59. The highest BCUT2D eigenvalue weighted by Crippen LogP contribution is 2.08. The molecular weight excluding hydrogens is 260 g/mol. The van der Waals surface area contributed by atoms with Gasteiger partial charge in [0, 0.05) is 6.42 Å². The largest absolute Gasteiger partial charge is 0.469 e. The van der Waals surface area contributed by atoms with Gasteiger partial charge >= 0.3 is 5.97 Å². The fourth-order valence-corrected chi connectivity index (χ4v) is 2.20. The van der Waals surface area contributed by atoms with Gasteiger partial charge in [0.25, 0.3) is 0 Å². The van der Waals surface area contributed by atoms with Gasteiger partial charge < -0.3 is 4.74 Å². The van der Waals surface area contributed by atoms with Gasteiger partial charge in [0.2, 0.25) is 0 Å². The summed E-state index contributed by atoms with van der Waals surface area (Å²) >= 11 is 0. The summed E-state index contributed by atoms with van der Waals surface area (Å²) in [6.07, 6.45) is 23.0. The Labute approximate surface area is 131 Å². The Balaban J connectivity index is 3.21. The third kappa shape index (κ3) is 16.9. The third-order valence-corrected chi connectivity index (χ3v) is 3.59. The molecular formula is C19H34O2. The van der Waals surface area contributed by atoms with Gasteiger partial charge in [-0.2, -0.15) is 0 Å². The lowest BCUT2D eigenvalue weighted by atomic mass is 10.1. The van der Waals surface area contributed by atoms with Gasteiger partial charge in [-0.1, -0.05) is 69.8 Å². The van der Waals surface area contributed by atoms with Gasteiger partial charge in [0.15, 0.2) is 0 Å². The van der Waals surface area contributed by atoms with E-state index < -0.39 is 0 Å². The highest BCUT2D eigenvalue weighted by Gasteiger charge is 1.98. The van der Waals surface area contributed by atoms with Gasteiger partial charge in [0.05, 0.1) is 7.11 Å². The number of esters is 1. The minimum Gasteiger partial charge on any atom is -0.469 e. The molecule has 0 amide bonds. The second kappa shape index (κ2) is 17.0. The van der Waals surface area contributed by atoms with Crippen molar-refractivity contribution in [3.63, 3.8) is 0 Å². The molecule has 0 aliphatic carbocycles. The number of hydrogen-bond acceptors (Lipinski definition) is 2. The summed E-state index contributed by atoms with van der Waals surface area (Å²) in [6.45, 7) is 2.25. The van der Waals surface area contributed by atoms with Crippen LogP contribution < -0.4 is 0 Å². The van der Waals surface area contributed by atoms with E-state index in [-0.39, 0.29) is 5.97 Å². The van der Waals surface area contributed by atoms with E-state index in [1.54, 1.807) is 0 Å². The average Bonchev–Trinajstić information content (AvgIpc) is 2.50. The van der Waals surface area contributed by atoms with Gasteiger partial charge in [0.1, 0.15) is 0 Å². The summed E-state index contributed by atoms with van der Waals surface area (Å²) in [4.78, 5) is 10.9. The first-order valence-corrected chi connectivity index (χ1v) is 8.69. The molecule has 0 N–H and O–H groups in total. The molecule has 0 atom stereocenters. The molecule has 0 saturated carbocycles. The Morgan fingerprint density at radius 2 is 1.33 bits per heavy atom. The minimum atomic E-state index is -0.0839.